The van der Waals surface area contributed by atoms with Gasteiger partial charge in [-0.1, -0.05) is 6.92 Å². The van der Waals surface area contributed by atoms with Gasteiger partial charge in [-0.25, -0.2) is 4.98 Å². The standard InChI is InChI=1S/C12H20N2O/c1-5-13-9-10-6-7-14-11(8-10)15-12(2,3)4/h6-8,13H,5,9H2,1-4H3. The van der Waals surface area contributed by atoms with E-state index in [-0.39, 0.29) is 5.60 Å². The third kappa shape index (κ3) is 4.79. The molecule has 0 bridgehead atoms. The van der Waals surface area contributed by atoms with Crippen molar-refractivity contribution in [3.8, 4) is 5.88 Å². The maximum absolute atomic E-state index is 5.68. The smallest absolute Gasteiger partial charge is 0.214 e. The van der Waals surface area contributed by atoms with E-state index in [1.807, 2.05) is 32.9 Å². The van der Waals surface area contributed by atoms with Crippen molar-refractivity contribution in [3.05, 3.63) is 23.9 Å². The van der Waals surface area contributed by atoms with E-state index in [0.29, 0.717) is 5.88 Å². The van der Waals surface area contributed by atoms with Gasteiger partial charge in [0.1, 0.15) is 5.60 Å². The van der Waals surface area contributed by atoms with Gasteiger partial charge in [-0.2, -0.15) is 0 Å². The minimum Gasteiger partial charge on any atom is -0.472 e. The normalized spacial score (nSPS) is 11.5. The van der Waals surface area contributed by atoms with Gasteiger partial charge >= 0.3 is 0 Å². The van der Waals surface area contributed by atoms with Gasteiger partial charge in [0, 0.05) is 18.8 Å². The second-order valence-electron chi connectivity index (χ2n) is 4.50. The van der Waals surface area contributed by atoms with Crippen molar-refractivity contribution in [2.45, 2.75) is 39.8 Å². The van der Waals surface area contributed by atoms with Crippen LogP contribution >= 0.6 is 0 Å². The molecule has 1 aromatic heterocycles. The predicted molar refractivity (Wildman–Crippen MR) is 62.0 cm³/mol. The molecule has 0 aliphatic rings. The van der Waals surface area contributed by atoms with E-state index >= 15 is 0 Å². The minimum absolute atomic E-state index is 0.191. The largest absolute Gasteiger partial charge is 0.472 e. The molecule has 0 radical (unpaired) electrons. The fourth-order valence-electron chi connectivity index (χ4n) is 1.20. The maximum atomic E-state index is 5.68. The number of nitrogens with one attached hydrogen (secondary N) is 1. The monoisotopic (exact) mass is 208 g/mol. The number of rotatable bonds is 4. The SMILES string of the molecule is CCNCc1ccnc(OC(C)(C)C)c1. The molecule has 15 heavy (non-hydrogen) atoms. The summed E-state index contributed by atoms with van der Waals surface area (Å²) in [6.45, 7) is 9.98. The molecule has 0 aliphatic carbocycles. The second-order valence-corrected chi connectivity index (χ2v) is 4.50. The lowest BCUT2D eigenvalue weighted by atomic mass is 10.2. The third-order valence-corrected chi connectivity index (χ3v) is 1.79. The fourth-order valence-corrected chi connectivity index (χ4v) is 1.20. The number of hydrogen-bond acceptors (Lipinski definition) is 3. The van der Waals surface area contributed by atoms with Crippen LogP contribution in [0.1, 0.15) is 33.3 Å². The molecule has 0 spiro atoms. The van der Waals surface area contributed by atoms with Crippen molar-refractivity contribution in [1.82, 2.24) is 10.3 Å². The van der Waals surface area contributed by atoms with Gasteiger partial charge in [-0.05, 0) is 38.9 Å². The highest BCUT2D eigenvalue weighted by atomic mass is 16.5. The van der Waals surface area contributed by atoms with Gasteiger partial charge < -0.3 is 10.1 Å². The summed E-state index contributed by atoms with van der Waals surface area (Å²) in [6.07, 6.45) is 1.79. The van der Waals surface area contributed by atoms with E-state index in [1.54, 1.807) is 6.20 Å². The molecule has 0 amide bonds. The van der Waals surface area contributed by atoms with Crippen LogP contribution in [-0.2, 0) is 6.54 Å². The lowest BCUT2D eigenvalue weighted by Crippen LogP contribution is -2.23. The predicted octanol–water partition coefficient (Wildman–Crippen LogP) is 2.37. The van der Waals surface area contributed by atoms with Crippen molar-refractivity contribution < 1.29 is 4.74 Å². The fraction of sp³-hybridized carbons (Fsp3) is 0.583. The van der Waals surface area contributed by atoms with Crippen LogP contribution < -0.4 is 10.1 Å². The molecule has 1 heterocycles. The zero-order valence-corrected chi connectivity index (χ0v) is 10.0. The van der Waals surface area contributed by atoms with E-state index < -0.39 is 0 Å². The summed E-state index contributed by atoms with van der Waals surface area (Å²) in [5, 5.41) is 3.27. The van der Waals surface area contributed by atoms with Crippen molar-refractivity contribution >= 4 is 0 Å². The number of nitrogens with zero attached hydrogens (tertiary/aromatic N) is 1. The van der Waals surface area contributed by atoms with Crippen LogP contribution in [0.5, 0.6) is 5.88 Å². The van der Waals surface area contributed by atoms with Gasteiger partial charge in [0.2, 0.25) is 5.88 Å². The first-order valence-corrected chi connectivity index (χ1v) is 5.36. The van der Waals surface area contributed by atoms with Crippen LogP contribution in [-0.4, -0.2) is 17.1 Å². The van der Waals surface area contributed by atoms with Crippen LogP contribution in [0, 0.1) is 0 Å². The van der Waals surface area contributed by atoms with Crippen LogP contribution in [0.3, 0.4) is 0 Å². The second kappa shape index (κ2) is 5.12. The van der Waals surface area contributed by atoms with Gasteiger partial charge in [-0.3, -0.25) is 0 Å². The number of aromatic nitrogens is 1. The molecule has 84 valence electrons. The minimum atomic E-state index is -0.191. The summed E-state index contributed by atoms with van der Waals surface area (Å²) in [7, 11) is 0. The van der Waals surface area contributed by atoms with E-state index in [4.69, 9.17) is 4.74 Å². The Hall–Kier alpha value is -1.09. The molecule has 0 aromatic carbocycles. The van der Waals surface area contributed by atoms with E-state index in [0.717, 1.165) is 13.1 Å². The average molecular weight is 208 g/mol. The van der Waals surface area contributed by atoms with Crippen molar-refractivity contribution in [3.63, 3.8) is 0 Å². The molecule has 1 N–H and O–H groups in total. The van der Waals surface area contributed by atoms with E-state index in [2.05, 4.69) is 17.2 Å². The first kappa shape index (κ1) is 12.0. The molecule has 3 nitrogen and oxygen atoms in total. The summed E-state index contributed by atoms with van der Waals surface area (Å²) in [4.78, 5) is 4.18. The summed E-state index contributed by atoms with van der Waals surface area (Å²) < 4.78 is 5.68. The van der Waals surface area contributed by atoms with E-state index in [9.17, 15) is 0 Å². The van der Waals surface area contributed by atoms with Crippen LogP contribution in [0.2, 0.25) is 0 Å². The topological polar surface area (TPSA) is 34.2 Å². The Labute approximate surface area is 91.9 Å². The van der Waals surface area contributed by atoms with Crippen LogP contribution in [0.25, 0.3) is 0 Å². The number of ether oxygens (including phenoxy) is 1. The summed E-state index contributed by atoms with van der Waals surface area (Å²) >= 11 is 0. The first-order valence-electron chi connectivity index (χ1n) is 5.36. The summed E-state index contributed by atoms with van der Waals surface area (Å²) in [5.74, 6) is 0.693. The Balaban J connectivity index is 2.66. The van der Waals surface area contributed by atoms with Crippen molar-refractivity contribution in [2.24, 2.45) is 0 Å². The molecule has 0 saturated heterocycles. The number of pyridine rings is 1. The Morgan fingerprint density at radius 1 is 1.40 bits per heavy atom. The Bertz CT molecular complexity index is 305. The van der Waals surface area contributed by atoms with Gasteiger partial charge in [0.25, 0.3) is 0 Å². The first-order chi connectivity index (χ1) is 7.01. The molecule has 1 aromatic rings. The van der Waals surface area contributed by atoms with E-state index in [1.165, 1.54) is 5.56 Å². The quantitative estimate of drug-likeness (QED) is 0.824. The molecular weight excluding hydrogens is 188 g/mol. The lowest BCUT2D eigenvalue weighted by molar-refractivity contribution is 0.124. The highest BCUT2D eigenvalue weighted by Gasteiger charge is 2.12. The molecule has 0 unspecified atom stereocenters. The van der Waals surface area contributed by atoms with Gasteiger partial charge in [0.05, 0.1) is 0 Å². The zero-order chi connectivity index (χ0) is 11.3. The molecule has 3 heteroatoms. The Morgan fingerprint density at radius 3 is 2.73 bits per heavy atom. The van der Waals surface area contributed by atoms with Crippen molar-refractivity contribution in [1.29, 1.82) is 0 Å². The van der Waals surface area contributed by atoms with Gasteiger partial charge in [-0.15, -0.1) is 0 Å². The molecule has 0 saturated carbocycles. The maximum Gasteiger partial charge on any atom is 0.214 e. The van der Waals surface area contributed by atoms with Crippen molar-refractivity contribution in [2.75, 3.05) is 6.54 Å². The molecule has 0 atom stereocenters. The lowest BCUT2D eigenvalue weighted by Gasteiger charge is -2.20. The highest BCUT2D eigenvalue weighted by Crippen LogP contribution is 2.16. The highest BCUT2D eigenvalue weighted by molar-refractivity contribution is 5.20. The average Bonchev–Trinajstić information content (AvgIpc) is 2.12. The molecule has 1 rings (SSSR count). The molecular formula is C12H20N2O. The van der Waals surface area contributed by atoms with Crippen LogP contribution in [0.15, 0.2) is 18.3 Å². The third-order valence-electron chi connectivity index (χ3n) is 1.79. The molecule has 0 aliphatic heterocycles. The number of hydrogen-bond donors (Lipinski definition) is 1. The van der Waals surface area contributed by atoms with Gasteiger partial charge in [0.15, 0.2) is 0 Å². The Kier molecular flexibility index (Phi) is 4.09. The summed E-state index contributed by atoms with van der Waals surface area (Å²) in [5.41, 5.74) is 1.01. The Morgan fingerprint density at radius 2 is 2.13 bits per heavy atom. The molecule has 0 fully saturated rings. The zero-order valence-electron chi connectivity index (χ0n) is 10.0. The van der Waals surface area contributed by atoms with Crippen LogP contribution in [0.4, 0.5) is 0 Å². The summed E-state index contributed by atoms with van der Waals surface area (Å²) in [6, 6.07) is 3.98.